The summed E-state index contributed by atoms with van der Waals surface area (Å²) in [6.45, 7) is 4.76. The zero-order valence-corrected chi connectivity index (χ0v) is 14.6. The van der Waals surface area contributed by atoms with E-state index in [1.165, 1.54) is 0 Å². The number of aromatic nitrogens is 2. The Kier molecular flexibility index (Phi) is 6.81. The average Bonchev–Trinajstić information content (AvgIpc) is 3.32. The normalized spacial score (nSPS) is 16.8. The molecule has 0 saturated carbocycles. The van der Waals surface area contributed by atoms with Gasteiger partial charge in [0.15, 0.2) is 0 Å². The predicted octanol–water partition coefficient (Wildman–Crippen LogP) is 2.28. The first-order chi connectivity index (χ1) is 11.3. The van der Waals surface area contributed by atoms with Crippen molar-refractivity contribution in [1.29, 1.82) is 0 Å². The van der Waals surface area contributed by atoms with Gasteiger partial charge in [-0.15, -0.1) is 12.4 Å². The zero-order chi connectivity index (χ0) is 16.1. The van der Waals surface area contributed by atoms with Crippen molar-refractivity contribution >= 4 is 18.3 Å². The van der Waals surface area contributed by atoms with Gasteiger partial charge in [-0.05, 0) is 25.5 Å². The Morgan fingerprint density at radius 2 is 2.38 bits per heavy atom. The Bertz CT molecular complexity index is 623. The highest BCUT2D eigenvalue weighted by Gasteiger charge is 2.25. The van der Waals surface area contributed by atoms with E-state index in [2.05, 4.69) is 22.4 Å². The van der Waals surface area contributed by atoms with Gasteiger partial charge in [0.2, 0.25) is 17.6 Å². The molecule has 0 aromatic carbocycles. The van der Waals surface area contributed by atoms with Gasteiger partial charge in [0.1, 0.15) is 6.26 Å². The molecule has 0 aliphatic carbocycles. The number of nitrogens with zero attached hydrogens (tertiary/aromatic N) is 3. The molecule has 1 N–H and O–H groups in total. The maximum atomic E-state index is 12.5. The van der Waals surface area contributed by atoms with Crippen LogP contribution in [0.5, 0.6) is 0 Å². The number of rotatable bonds is 7. The van der Waals surface area contributed by atoms with Gasteiger partial charge in [0, 0.05) is 32.0 Å². The van der Waals surface area contributed by atoms with E-state index in [0.29, 0.717) is 30.6 Å². The molecule has 1 fully saturated rings. The Morgan fingerprint density at radius 3 is 3.04 bits per heavy atom. The molecule has 1 aliphatic heterocycles. The highest BCUT2D eigenvalue weighted by molar-refractivity contribution is 5.85. The molecule has 3 rings (SSSR count). The fourth-order valence-corrected chi connectivity index (χ4v) is 2.88. The van der Waals surface area contributed by atoms with E-state index >= 15 is 0 Å². The molecular formula is C16H23ClN4O3. The van der Waals surface area contributed by atoms with Crippen molar-refractivity contribution in [2.24, 2.45) is 0 Å². The fraction of sp³-hybridized carbons (Fsp3) is 0.562. The summed E-state index contributed by atoms with van der Waals surface area (Å²) in [5, 5.41) is 7.23. The number of amides is 1. The van der Waals surface area contributed by atoms with Crippen LogP contribution < -0.4 is 5.32 Å². The number of aryl methyl sites for hydroxylation is 1. The Morgan fingerprint density at radius 1 is 1.50 bits per heavy atom. The highest BCUT2D eigenvalue weighted by Crippen LogP contribution is 2.17. The van der Waals surface area contributed by atoms with Crippen LogP contribution in [0.3, 0.4) is 0 Å². The highest BCUT2D eigenvalue weighted by atomic mass is 35.5. The standard InChI is InChI=1S/C16H22N4O3.ClH/c1-2-8-20(13-5-7-17-10-13)15(21)4-3-14-18-16(19-23-14)12-6-9-22-11-12;/h6,9,11,13,17H,2-5,7-8,10H2,1H3;1H. The van der Waals surface area contributed by atoms with Crippen molar-refractivity contribution in [3.63, 3.8) is 0 Å². The maximum absolute atomic E-state index is 12.5. The largest absolute Gasteiger partial charge is 0.472 e. The SMILES string of the molecule is CCCN(C(=O)CCc1nc(-c2ccoc2)no1)C1CCNC1.Cl. The lowest BCUT2D eigenvalue weighted by molar-refractivity contribution is -0.133. The lowest BCUT2D eigenvalue weighted by atomic mass is 10.1. The summed E-state index contributed by atoms with van der Waals surface area (Å²) in [5.74, 6) is 1.13. The Labute approximate surface area is 147 Å². The van der Waals surface area contributed by atoms with E-state index in [-0.39, 0.29) is 18.3 Å². The third-order valence-electron chi connectivity index (χ3n) is 4.06. The van der Waals surface area contributed by atoms with Crippen LogP contribution in [-0.2, 0) is 11.2 Å². The summed E-state index contributed by atoms with van der Waals surface area (Å²) in [6.07, 6.45) is 5.97. The first-order valence-electron chi connectivity index (χ1n) is 8.13. The minimum atomic E-state index is 0. The van der Waals surface area contributed by atoms with Crippen molar-refractivity contribution in [3.8, 4) is 11.4 Å². The molecule has 0 radical (unpaired) electrons. The quantitative estimate of drug-likeness (QED) is 0.821. The van der Waals surface area contributed by atoms with Crippen molar-refractivity contribution < 1.29 is 13.7 Å². The smallest absolute Gasteiger partial charge is 0.227 e. The number of nitrogens with one attached hydrogen (secondary N) is 1. The number of furan rings is 1. The summed E-state index contributed by atoms with van der Waals surface area (Å²) in [4.78, 5) is 18.8. The van der Waals surface area contributed by atoms with Crippen LogP contribution in [0.25, 0.3) is 11.4 Å². The van der Waals surface area contributed by atoms with Crippen LogP contribution in [0.2, 0.25) is 0 Å². The number of carbonyl (C=O) groups is 1. The van der Waals surface area contributed by atoms with Gasteiger partial charge in [-0.2, -0.15) is 4.98 Å². The van der Waals surface area contributed by atoms with Gasteiger partial charge in [-0.25, -0.2) is 0 Å². The maximum Gasteiger partial charge on any atom is 0.227 e. The summed E-state index contributed by atoms with van der Waals surface area (Å²) in [7, 11) is 0. The molecule has 132 valence electrons. The van der Waals surface area contributed by atoms with Crippen molar-refractivity contribution in [2.45, 2.75) is 38.6 Å². The third-order valence-corrected chi connectivity index (χ3v) is 4.06. The number of hydrogen-bond acceptors (Lipinski definition) is 6. The monoisotopic (exact) mass is 354 g/mol. The molecule has 0 bridgehead atoms. The van der Waals surface area contributed by atoms with Crippen LogP contribution in [0.4, 0.5) is 0 Å². The first kappa shape index (κ1) is 18.5. The third kappa shape index (κ3) is 4.36. The zero-order valence-electron chi connectivity index (χ0n) is 13.7. The van der Waals surface area contributed by atoms with E-state index in [0.717, 1.165) is 38.0 Å². The molecule has 3 heterocycles. The molecule has 2 aromatic heterocycles. The lowest BCUT2D eigenvalue weighted by Gasteiger charge is -2.28. The van der Waals surface area contributed by atoms with Gasteiger partial charge >= 0.3 is 0 Å². The molecule has 7 nitrogen and oxygen atoms in total. The van der Waals surface area contributed by atoms with E-state index in [4.69, 9.17) is 8.94 Å². The Balaban J connectivity index is 0.00000208. The predicted molar refractivity (Wildman–Crippen MR) is 90.8 cm³/mol. The number of halogens is 1. The van der Waals surface area contributed by atoms with Crippen molar-refractivity contribution in [1.82, 2.24) is 20.4 Å². The molecule has 24 heavy (non-hydrogen) atoms. The minimum absolute atomic E-state index is 0. The van der Waals surface area contributed by atoms with Crippen LogP contribution in [0, 0.1) is 0 Å². The van der Waals surface area contributed by atoms with E-state index < -0.39 is 0 Å². The summed E-state index contributed by atoms with van der Waals surface area (Å²) < 4.78 is 10.2. The minimum Gasteiger partial charge on any atom is -0.472 e. The van der Waals surface area contributed by atoms with E-state index in [1.807, 2.05) is 4.90 Å². The average molecular weight is 355 g/mol. The number of hydrogen-bond donors (Lipinski definition) is 1. The molecule has 0 spiro atoms. The molecule has 1 saturated heterocycles. The van der Waals surface area contributed by atoms with Crippen molar-refractivity contribution in [3.05, 3.63) is 24.5 Å². The summed E-state index contributed by atoms with van der Waals surface area (Å²) in [6, 6.07) is 2.09. The second-order valence-electron chi connectivity index (χ2n) is 5.76. The van der Waals surface area contributed by atoms with Crippen LogP contribution in [0.1, 0.15) is 32.1 Å². The Hall–Kier alpha value is -1.86. The van der Waals surface area contributed by atoms with Gasteiger partial charge in [0.25, 0.3) is 0 Å². The van der Waals surface area contributed by atoms with Crippen LogP contribution in [0.15, 0.2) is 27.5 Å². The molecule has 1 unspecified atom stereocenters. The molecule has 1 aliphatic rings. The van der Waals surface area contributed by atoms with E-state index in [9.17, 15) is 4.79 Å². The second-order valence-corrected chi connectivity index (χ2v) is 5.76. The molecule has 1 amide bonds. The van der Waals surface area contributed by atoms with Gasteiger partial charge in [0.05, 0.1) is 11.8 Å². The molecule has 1 atom stereocenters. The molecule has 8 heteroatoms. The molecular weight excluding hydrogens is 332 g/mol. The summed E-state index contributed by atoms with van der Waals surface area (Å²) >= 11 is 0. The molecule has 2 aromatic rings. The first-order valence-corrected chi connectivity index (χ1v) is 8.13. The van der Waals surface area contributed by atoms with E-state index in [1.54, 1.807) is 18.6 Å². The topological polar surface area (TPSA) is 84.4 Å². The van der Waals surface area contributed by atoms with Crippen LogP contribution >= 0.6 is 12.4 Å². The van der Waals surface area contributed by atoms with Gasteiger partial charge < -0.3 is 19.2 Å². The summed E-state index contributed by atoms with van der Waals surface area (Å²) in [5.41, 5.74) is 0.774. The number of carbonyl (C=O) groups excluding carboxylic acids is 1. The van der Waals surface area contributed by atoms with Gasteiger partial charge in [-0.1, -0.05) is 12.1 Å². The second kappa shape index (κ2) is 8.84. The van der Waals surface area contributed by atoms with Crippen molar-refractivity contribution in [2.75, 3.05) is 19.6 Å². The fourth-order valence-electron chi connectivity index (χ4n) is 2.88. The van der Waals surface area contributed by atoms with Crippen LogP contribution in [-0.4, -0.2) is 46.6 Å². The van der Waals surface area contributed by atoms with Gasteiger partial charge in [-0.3, -0.25) is 4.79 Å². The lowest BCUT2D eigenvalue weighted by Crippen LogP contribution is -2.42.